The minimum absolute atomic E-state index is 0.315. The van der Waals surface area contributed by atoms with Gasteiger partial charge in [-0.3, -0.25) is 0 Å². The highest BCUT2D eigenvalue weighted by atomic mass is 32.2. The van der Waals surface area contributed by atoms with Gasteiger partial charge in [0.05, 0.1) is 5.75 Å². The van der Waals surface area contributed by atoms with Crippen molar-refractivity contribution in [3.8, 4) is 0 Å². The Morgan fingerprint density at radius 1 is 1.53 bits per heavy atom. The number of thioether (sulfide) groups is 1. The van der Waals surface area contributed by atoms with E-state index in [4.69, 9.17) is 10.3 Å². The summed E-state index contributed by atoms with van der Waals surface area (Å²) in [5.41, 5.74) is 5.86. The van der Waals surface area contributed by atoms with Crippen LogP contribution in [0.3, 0.4) is 0 Å². The predicted octanol–water partition coefficient (Wildman–Crippen LogP) is 1.92. The molecule has 5 heteroatoms. The maximum atomic E-state index is 5.86. The molecule has 2 N–H and O–H groups in total. The second-order valence-corrected chi connectivity index (χ2v) is 5.23. The summed E-state index contributed by atoms with van der Waals surface area (Å²) in [5.74, 6) is 3.93. The predicted molar refractivity (Wildman–Crippen MR) is 60.7 cm³/mol. The van der Waals surface area contributed by atoms with Crippen LogP contribution < -0.4 is 5.73 Å². The topological polar surface area (TPSA) is 64.9 Å². The lowest BCUT2D eigenvalue weighted by Gasteiger charge is -2.01. The highest BCUT2D eigenvalue weighted by Gasteiger charge is 2.27. The third-order valence-electron chi connectivity index (χ3n) is 2.74. The van der Waals surface area contributed by atoms with Gasteiger partial charge in [-0.15, -0.1) is 0 Å². The Labute approximate surface area is 94.0 Å². The van der Waals surface area contributed by atoms with Gasteiger partial charge in [-0.1, -0.05) is 12.1 Å². The summed E-state index contributed by atoms with van der Waals surface area (Å²) in [6.07, 6.45) is 3.15. The van der Waals surface area contributed by atoms with Crippen molar-refractivity contribution >= 4 is 11.8 Å². The van der Waals surface area contributed by atoms with E-state index >= 15 is 0 Å². The van der Waals surface area contributed by atoms with Crippen LogP contribution in [0, 0.1) is 0 Å². The number of aromatic nitrogens is 2. The van der Waals surface area contributed by atoms with Gasteiger partial charge in [-0.25, -0.2) is 0 Å². The first kappa shape index (κ1) is 11.0. The molecule has 4 nitrogen and oxygen atoms in total. The van der Waals surface area contributed by atoms with E-state index in [2.05, 4.69) is 17.1 Å². The molecule has 0 amide bonds. The molecule has 0 bridgehead atoms. The van der Waals surface area contributed by atoms with Crippen LogP contribution in [0.4, 0.5) is 0 Å². The van der Waals surface area contributed by atoms with E-state index < -0.39 is 0 Å². The molecule has 1 saturated carbocycles. The summed E-state index contributed by atoms with van der Waals surface area (Å²) in [4.78, 5) is 4.41. The van der Waals surface area contributed by atoms with Gasteiger partial charge < -0.3 is 10.3 Å². The van der Waals surface area contributed by atoms with E-state index in [1.807, 2.05) is 11.8 Å². The second kappa shape index (κ2) is 4.99. The van der Waals surface area contributed by atoms with Crippen LogP contribution in [0.2, 0.25) is 0 Å². The molecule has 84 valence electrons. The lowest BCUT2D eigenvalue weighted by molar-refractivity contribution is 0.350. The average Bonchev–Trinajstić information content (AvgIpc) is 2.83. The first-order valence-electron chi connectivity index (χ1n) is 5.45. The van der Waals surface area contributed by atoms with Crippen molar-refractivity contribution in [3.05, 3.63) is 11.7 Å². The highest BCUT2D eigenvalue weighted by Crippen LogP contribution is 2.32. The molecule has 2 rings (SSSR count). The molecule has 0 aromatic carbocycles. The number of hydrogen-bond donors (Lipinski definition) is 1. The molecule has 0 spiro atoms. The Morgan fingerprint density at radius 3 is 3.07 bits per heavy atom. The number of rotatable bonds is 4. The zero-order valence-corrected chi connectivity index (χ0v) is 9.80. The summed E-state index contributed by atoms with van der Waals surface area (Å²) < 4.78 is 5.26. The normalized spacial score (nSPS) is 26.0. The molecule has 0 saturated heterocycles. The standard InChI is InChI=1S/C10H17N3OS/c1-2-15-6-9-12-10(14-13-9)7-3-4-8(11)5-7/h7-8H,2-6,11H2,1H3/t7-,8+/m1/s1. The lowest BCUT2D eigenvalue weighted by atomic mass is 10.1. The van der Waals surface area contributed by atoms with Crippen LogP contribution >= 0.6 is 11.8 Å². The fourth-order valence-electron chi connectivity index (χ4n) is 1.93. The molecule has 2 atom stereocenters. The van der Waals surface area contributed by atoms with Gasteiger partial charge in [0.15, 0.2) is 5.82 Å². The van der Waals surface area contributed by atoms with Gasteiger partial charge >= 0.3 is 0 Å². The van der Waals surface area contributed by atoms with Crippen LogP contribution in [-0.4, -0.2) is 21.9 Å². The van der Waals surface area contributed by atoms with E-state index in [0.29, 0.717) is 12.0 Å². The number of hydrogen-bond acceptors (Lipinski definition) is 5. The Hall–Kier alpha value is -0.550. The Bertz CT molecular complexity index is 315. The van der Waals surface area contributed by atoms with Gasteiger partial charge in [-0.05, 0) is 25.0 Å². The first-order valence-corrected chi connectivity index (χ1v) is 6.61. The molecule has 1 aliphatic carbocycles. The SMILES string of the molecule is CCSCc1noc([C@@H]2CC[C@H](N)C2)n1. The average molecular weight is 227 g/mol. The van der Waals surface area contributed by atoms with Crippen molar-refractivity contribution in [2.75, 3.05) is 5.75 Å². The van der Waals surface area contributed by atoms with E-state index in [1.54, 1.807) is 0 Å². The largest absolute Gasteiger partial charge is 0.339 e. The van der Waals surface area contributed by atoms with Crippen molar-refractivity contribution in [3.63, 3.8) is 0 Å². The minimum atomic E-state index is 0.315. The van der Waals surface area contributed by atoms with Crippen molar-refractivity contribution in [2.45, 2.75) is 43.9 Å². The molecule has 0 aliphatic heterocycles. The summed E-state index contributed by atoms with van der Waals surface area (Å²) in [6, 6.07) is 0.315. The van der Waals surface area contributed by atoms with Crippen LogP contribution in [0.15, 0.2) is 4.52 Å². The molecule has 1 aliphatic rings. The Balaban J connectivity index is 1.94. The van der Waals surface area contributed by atoms with Gasteiger partial charge in [0, 0.05) is 12.0 Å². The fourth-order valence-corrected chi connectivity index (χ4v) is 2.43. The molecule has 1 aromatic heterocycles. The third kappa shape index (κ3) is 2.72. The van der Waals surface area contributed by atoms with E-state index in [9.17, 15) is 0 Å². The van der Waals surface area contributed by atoms with Gasteiger partial charge in [0.2, 0.25) is 5.89 Å². The quantitative estimate of drug-likeness (QED) is 0.851. The van der Waals surface area contributed by atoms with Crippen LogP contribution in [0.1, 0.15) is 43.8 Å². The molecule has 1 fully saturated rings. The minimum Gasteiger partial charge on any atom is -0.339 e. The second-order valence-electron chi connectivity index (χ2n) is 3.96. The Morgan fingerprint density at radius 2 is 2.40 bits per heavy atom. The smallest absolute Gasteiger partial charge is 0.229 e. The van der Waals surface area contributed by atoms with Crippen molar-refractivity contribution in [2.24, 2.45) is 5.73 Å². The lowest BCUT2D eigenvalue weighted by Crippen LogP contribution is -2.14. The van der Waals surface area contributed by atoms with Crippen LogP contribution in [0.25, 0.3) is 0 Å². The van der Waals surface area contributed by atoms with Crippen LogP contribution in [0.5, 0.6) is 0 Å². The fraction of sp³-hybridized carbons (Fsp3) is 0.800. The maximum Gasteiger partial charge on any atom is 0.229 e. The Kier molecular flexibility index (Phi) is 3.64. The van der Waals surface area contributed by atoms with E-state index in [0.717, 1.165) is 42.5 Å². The number of nitrogens with zero attached hydrogens (tertiary/aromatic N) is 2. The van der Waals surface area contributed by atoms with Crippen LogP contribution in [-0.2, 0) is 5.75 Å². The van der Waals surface area contributed by atoms with Crippen molar-refractivity contribution in [1.82, 2.24) is 10.1 Å². The molecule has 1 aromatic rings. The molecule has 15 heavy (non-hydrogen) atoms. The third-order valence-corrected chi connectivity index (χ3v) is 3.61. The van der Waals surface area contributed by atoms with Gasteiger partial charge in [0.1, 0.15) is 0 Å². The summed E-state index contributed by atoms with van der Waals surface area (Å²) >= 11 is 1.81. The summed E-state index contributed by atoms with van der Waals surface area (Å²) in [7, 11) is 0. The first-order chi connectivity index (χ1) is 7.29. The van der Waals surface area contributed by atoms with E-state index in [1.165, 1.54) is 0 Å². The zero-order valence-electron chi connectivity index (χ0n) is 8.98. The molecular weight excluding hydrogens is 210 g/mol. The highest BCUT2D eigenvalue weighted by molar-refractivity contribution is 7.98. The summed E-state index contributed by atoms with van der Waals surface area (Å²) in [5, 5.41) is 3.98. The molecule has 0 unspecified atom stereocenters. The maximum absolute atomic E-state index is 5.86. The summed E-state index contributed by atoms with van der Waals surface area (Å²) in [6.45, 7) is 2.13. The van der Waals surface area contributed by atoms with Crippen molar-refractivity contribution in [1.29, 1.82) is 0 Å². The zero-order chi connectivity index (χ0) is 10.7. The van der Waals surface area contributed by atoms with Gasteiger partial charge in [0.25, 0.3) is 0 Å². The van der Waals surface area contributed by atoms with E-state index in [-0.39, 0.29) is 0 Å². The molecular formula is C10H17N3OS. The number of nitrogens with two attached hydrogens (primary N) is 1. The van der Waals surface area contributed by atoms with Gasteiger partial charge in [-0.2, -0.15) is 16.7 Å². The molecule has 1 heterocycles. The van der Waals surface area contributed by atoms with Crippen molar-refractivity contribution < 1.29 is 4.52 Å². The monoisotopic (exact) mass is 227 g/mol. The molecule has 0 radical (unpaired) electrons.